The number of hydrogen-bond donors (Lipinski definition) is 0. The highest BCUT2D eigenvalue weighted by atomic mass is 19.1. The molecular formula is C37H23F2N3. The third kappa shape index (κ3) is 5.16. The molecule has 0 saturated carbocycles. The largest absolute Gasteiger partial charge is 0.208 e. The molecule has 3 nitrogen and oxygen atoms in total. The van der Waals surface area contributed by atoms with Gasteiger partial charge in [-0.3, -0.25) is 0 Å². The van der Waals surface area contributed by atoms with Gasteiger partial charge in [0.15, 0.2) is 17.5 Å². The van der Waals surface area contributed by atoms with Gasteiger partial charge >= 0.3 is 0 Å². The van der Waals surface area contributed by atoms with Crippen LogP contribution in [0.4, 0.5) is 8.78 Å². The van der Waals surface area contributed by atoms with E-state index in [0.717, 1.165) is 16.7 Å². The minimum absolute atomic E-state index is 0.340. The van der Waals surface area contributed by atoms with Crippen molar-refractivity contribution in [3.05, 3.63) is 151 Å². The first-order valence-electron chi connectivity index (χ1n) is 13.6. The normalized spacial score (nSPS) is 11.1. The molecule has 0 spiro atoms. The predicted octanol–water partition coefficient (Wildman–Crippen LogP) is 9.64. The van der Waals surface area contributed by atoms with Gasteiger partial charge in [0.25, 0.3) is 0 Å². The Morgan fingerprint density at radius 1 is 0.310 bits per heavy atom. The molecule has 0 radical (unpaired) electrons. The Morgan fingerprint density at radius 2 is 0.667 bits per heavy atom. The number of rotatable bonds is 5. The Hall–Kier alpha value is -5.55. The molecule has 0 bridgehead atoms. The average molecular weight is 548 g/mol. The first-order chi connectivity index (χ1) is 20.6. The van der Waals surface area contributed by atoms with Gasteiger partial charge in [-0.1, -0.05) is 78.9 Å². The zero-order valence-corrected chi connectivity index (χ0v) is 22.4. The van der Waals surface area contributed by atoms with E-state index in [1.54, 1.807) is 24.3 Å². The molecule has 7 aromatic rings. The summed E-state index contributed by atoms with van der Waals surface area (Å²) >= 11 is 0. The van der Waals surface area contributed by atoms with Gasteiger partial charge in [-0.15, -0.1) is 0 Å². The average Bonchev–Trinajstić information content (AvgIpc) is 3.05. The summed E-state index contributed by atoms with van der Waals surface area (Å²) in [4.78, 5) is 14.0. The molecule has 0 atom stereocenters. The predicted molar refractivity (Wildman–Crippen MR) is 164 cm³/mol. The lowest BCUT2D eigenvalue weighted by Crippen LogP contribution is -2.00. The van der Waals surface area contributed by atoms with Crippen molar-refractivity contribution in [2.24, 2.45) is 0 Å². The molecule has 0 saturated heterocycles. The van der Waals surface area contributed by atoms with Crippen LogP contribution in [-0.4, -0.2) is 15.0 Å². The van der Waals surface area contributed by atoms with Crippen molar-refractivity contribution in [2.45, 2.75) is 0 Å². The van der Waals surface area contributed by atoms with Crippen LogP contribution >= 0.6 is 0 Å². The SMILES string of the molecule is Fc1ccc(-c2nc(-c3ccc(F)cc3)nc(-c3ccc(-c4ccc5ccc(-c6ccccc6)cc5c4)cc3)n2)cc1. The zero-order valence-electron chi connectivity index (χ0n) is 22.4. The summed E-state index contributed by atoms with van der Waals surface area (Å²) in [7, 11) is 0. The maximum absolute atomic E-state index is 13.6. The second-order valence-electron chi connectivity index (χ2n) is 10.0. The Bertz CT molecular complexity index is 1960. The number of hydrogen-bond acceptors (Lipinski definition) is 3. The molecule has 0 aliphatic rings. The van der Waals surface area contributed by atoms with E-state index in [0.29, 0.717) is 28.6 Å². The summed E-state index contributed by atoms with van der Waals surface area (Å²) in [6.45, 7) is 0. The van der Waals surface area contributed by atoms with Crippen molar-refractivity contribution in [3.8, 4) is 56.4 Å². The molecule has 0 fully saturated rings. The lowest BCUT2D eigenvalue weighted by Gasteiger charge is -2.10. The smallest absolute Gasteiger partial charge is 0.164 e. The number of nitrogens with zero attached hydrogens (tertiary/aromatic N) is 3. The van der Waals surface area contributed by atoms with Crippen LogP contribution in [0.3, 0.4) is 0 Å². The third-order valence-electron chi connectivity index (χ3n) is 7.26. The van der Waals surface area contributed by atoms with Gasteiger partial charge in [0, 0.05) is 16.7 Å². The van der Waals surface area contributed by atoms with Crippen molar-refractivity contribution in [2.75, 3.05) is 0 Å². The molecule has 0 aliphatic heterocycles. The van der Waals surface area contributed by atoms with Crippen molar-refractivity contribution in [1.29, 1.82) is 0 Å². The second-order valence-corrected chi connectivity index (χ2v) is 10.0. The van der Waals surface area contributed by atoms with Crippen molar-refractivity contribution < 1.29 is 8.78 Å². The molecule has 1 aromatic heterocycles. The van der Waals surface area contributed by atoms with Crippen molar-refractivity contribution in [3.63, 3.8) is 0 Å². The van der Waals surface area contributed by atoms with Crippen LogP contribution in [0.5, 0.6) is 0 Å². The molecule has 0 aliphatic carbocycles. The maximum Gasteiger partial charge on any atom is 0.164 e. The van der Waals surface area contributed by atoms with Crippen LogP contribution in [0.15, 0.2) is 140 Å². The van der Waals surface area contributed by atoms with E-state index in [-0.39, 0.29) is 11.6 Å². The van der Waals surface area contributed by atoms with Crippen LogP contribution in [0.1, 0.15) is 0 Å². The fourth-order valence-corrected chi connectivity index (χ4v) is 5.01. The van der Waals surface area contributed by atoms with Gasteiger partial charge in [0.05, 0.1) is 0 Å². The second kappa shape index (κ2) is 10.8. The van der Waals surface area contributed by atoms with Gasteiger partial charge in [-0.25, -0.2) is 23.7 Å². The third-order valence-corrected chi connectivity index (χ3v) is 7.26. The number of fused-ring (bicyclic) bond motifs is 1. The van der Waals surface area contributed by atoms with Gasteiger partial charge in [-0.05, 0) is 93.7 Å². The fourth-order valence-electron chi connectivity index (χ4n) is 5.01. The van der Waals surface area contributed by atoms with E-state index in [1.807, 2.05) is 18.2 Å². The summed E-state index contributed by atoms with van der Waals surface area (Å²) in [6, 6.07) is 43.5. The standard InChI is InChI=1S/C37H23F2N3/c38-33-18-14-28(15-19-33)36-40-35(41-37(42-36)29-16-20-34(39)21-17-29)27-10-6-25(7-11-27)31-13-9-26-8-12-30(22-32(26)23-31)24-4-2-1-3-5-24/h1-23H. The topological polar surface area (TPSA) is 38.7 Å². The minimum Gasteiger partial charge on any atom is -0.208 e. The van der Waals surface area contributed by atoms with Crippen LogP contribution in [0.25, 0.3) is 67.2 Å². The van der Waals surface area contributed by atoms with Crippen LogP contribution < -0.4 is 0 Å². The fraction of sp³-hybridized carbons (Fsp3) is 0. The summed E-state index contributed by atoms with van der Waals surface area (Å²) in [5.41, 5.74) is 6.66. The van der Waals surface area contributed by atoms with Gasteiger partial charge in [0.1, 0.15) is 11.6 Å². The molecule has 6 aromatic carbocycles. The van der Waals surface area contributed by atoms with Crippen LogP contribution in [0, 0.1) is 11.6 Å². The monoisotopic (exact) mass is 547 g/mol. The summed E-state index contributed by atoms with van der Waals surface area (Å²) in [5.74, 6) is 0.611. The quantitative estimate of drug-likeness (QED) is 0.215. The van der Waals surface area contributed by atoms with Gasteiger partial charge < -0.3 is 0 Å². The molecule has 7 rings (SSSR count). The Morgan fingerprint density at radius 3 is 1.12 bits per heavy atom. The molecule has 0 amide bonds. The van der Waals surface area contributed by atoms with E-state index in [9.17, 15) is 8.78 Å². The molecule has 0 N–H and O–H groups in total. The van der Waals surface area contributed by atoms with Gasteiger partial charge in [-0.2, -0.15) is 0 Å². The first-order valence-corrected chi connectivity index (χ1v) is 13.6. The Kier molecular flexibility index (Phi) is 6.53. The summed E-state index contributed by atoms with van der Waals surface area (Å²) in [6.07, 6.45) is 0. The van der Waals surface area contributed by atoms with Gasteiger partial charge in [0.2, 0.25) is 0 Å². The number of halogens is 2. The van der Waals surface area contributed by atoms with E-state index in [2.05, 4.69) is 77.8 Å². The van der Waals surface area contributed by atoms with E-state index in [4.69, 9.17) is 9.97 Å². The highest BCUT2D eigenvalue weighted by Crippen LogP contribution is 2.31. The lowest BCUT2D eigenvalue weighted by atomic mass is 9.97. The summed E-state index contributed by atoms with van der Waals surface area (Å²) in [5, 5.41) is 2.35. The number of benzene rings is 6. The van der Waals surface area contributed by atoms with E-state index >= 15 is 0 Å². The highest BCUT2D eigenvalue weighted by Gasteiger charge is 2.13. The molecular weight excluding hydrogens is 524 g/mol. The molecule has 5 heteroatoms. The van der Waals surface area contributed by atoms with E-state index < -0.39 is 0 Å². The Balaban J connectivity index is 1.26. The number of aromatic nitrogens is 3. The van der Waals surface area contributed by atoms with Crippen molar-refractivity contribution in [1.82, 2.24) is 15.0 Å². The molecule has 200 valence electrons. The lowest BCUT2D eigenvalue weighted by molar-refractivity contribution is 0.627. The van der Waals surface area contributed by atoms with Crippen LogP contribution in [-0.2, 0) is 0 Å². The Labute approximate surface area is 241 Å². The maximum atomic E-state index is 13.6. The van der Waals surface area contributed by atoms with Crippen molar-refractivity contribution >= 4 is 10.8 Å². The molecule has 0 unspecified atom stereocenters. The first kappa shape index (κ1) is 25.4. The minimum atomic E-state index is -0.340. The highest BCUT2D eigenvalue weighted by molar-refractivity contribution is 5.91. The molecule has 1 heterocycles. The summed E-state index contributed by atoms with van der Waals surface area (Å²) < 4.78 is 27.2. The zero-order chi connectivity index (χ0) is 28.5. The molecule has 42 heavy (non-hydrogen) atoms. The van der Waals surface area contributed by atoms with Crippen LogP contribution in [0.2, 0.25) is 0 Å². The van der Waals surface area contributed by atoms with E-state index in [1.165, 1.54) is 46.2 Å².